The van der Waals surface area contributed by atoms with Crippen molar-refractivity contribution in [2.75, 3.05) is 18.8 Å². The minimum absolute atomic E-state index is 0.0989. The zero-order valence-electron chi connectivity index (χ0n) is 23.6. The zero-order valence-corrected chi connectivity index (χ0v) is 23.6. The van der Waals surface area contributed by atoms with E-state index >= 15 is 0 Å². The second kappa shape index (κ2) is 11.8. The summed E-state index contributed by atoms with van der Waals surface area (Å²) in [5.74, 6) is 1.33. The molecule has 2 amide bonds. The molecule has 1 saturated carbocycles. The Morgan fingerprint density at radius 2 is 1.83 bits per heavy atom. The SMILES string of the molecule is Cc1ccc(OC(=O)N2CCC(CCCc3nc(N)c4ncn(C5OC(C(=O)NC6CC6)[C@H](O)[C@@H]5O)c4n3)CC2)cc1. The Bertz CT molecular complexity index is 1430. The third-order valence-electron chi connectivity index (χ3n) is 8.30. The van der Waals surface area contributed by atoms with Crippen LogP contribution in [0.25, 0.3) is 11.2 Å². The van der Waals surface area contributed by atoms with Crippen molar-refractivity contribution in [2.24, 2.45) is 5.92 Å². The summed E-state index contributed by atoms with van der Waals surface area (Å²) in [5.41, 5.74) is 8.04. The molecule has 224 valence electrons. The molecule has 2 aromatic heterocycles. The molecule has 3 aliphatic rings. The minimum atomic E-state index is -1.39. The van der Waals surface area contributed by atoms with Crippen LogP contribution in [0, 0.1) is 12.8 Å². The lowest BCUT2D eigenvalue weighted by atomic mass is 9.91. The summed E-state index contributed by atoms with van der Waals surface area (Å²) in [6.45, 7) is 3.29. The molecule has 13 heteroatoms. The van der Waals surface area contributed by atoms with Crippen LogP contribution in [-0.4, -0.2) is 84.1 Å². The van der Waals surface area contributed by atoms with Crippen LogP contribution in [0.3, 0.4) is 0 Å². The van der Waals surface area contributed by atoms with Crippen LogP contribution in [-0.2, 0) is 16.0 Å². The number of nitrogens with one attached hydrogen (secondary N) is 1. The molecule has 3 fully saturated rings. The standard InChI is InChI=1S/C29H37N7O6/c1-16-5-9-19(10-6-16)41-29(40)35-13-11-17(12-14-35)3-2-4-20-33-25(30)21-26(34-20)36(15-31-21)28-23(38)22(37)24(42-28)27(39)32-18-7-8-18/h5-6,9-10,15,17-18,22-24,28,37-38H,2-4,7-8,11-14H2,1H3,(H,32,39)(H2,30,33,34)/t22-,23+,24?,28?/m1/s1. The van der Waals surface area contributed by atoms with Crippen LogP contribution in [0.5, 0.6) is 5.75 Å². The number of hydrogen-bond donors (Lipinski definition) is 4. The largest absolute Gasteiger partial charge is 0.415 e. The number of rotatable bonds is 8. The molecule has 1 aromatic carbocycles. The maximum Gasteiger partial charge on any atom is 0.415 e. The quantitative estimate of drug-likeness (QED) is 0.308. The van der Waals surface area contributed by atoms with Crippen LogP contribution in [0.2, 0.25) is 0 Å². The van der Waals surface area contributed by atoms with Gasteiger partial charge in [-0.05, 0) is 63.5 Å². The Morgan fingerprint density at radius 1 is 1.10 bits per heavy atom. The number of aliphatic hydroxyl groups is 2. The average molecular weight is 580 g/mol. The Hall–Kier alpha value is -3.81. The fourth-order valence-corrected chi connectivity index (χ4v) is 5.62. The number of aryl methyl sites for hydroxylation is 2. The molecule has 1 aliphatic carbocycles. The number of hydrogen-bond acceptors (Lipinski definition) is 10. The molecule has 13 nitrogen and oxygen atoms in total. The lowest BCUT2D eigenvalue weighted by Gasteiger charge is -2.31. The first kappa shape index (κ1) is 28.3. The molecule has 42 heavy (non-hydrogen) atoms. The van der Waals surface area contributed by atoms with Crippen LogP contribution < -0.4 is 15.8 Å². The van der Waals surface area contributed by atoms with Gasteiger partial charge in [0.15, 0.2) is 23.8 Å². The van der Waals surface area contributed by atoms with E-state index in [1.54, 1.807) is 17.0 Å². The van der Waals surface area contributed by atoms with E-state index < -0.39 is 30.4 Å². The van der Waals surface area contributed by atoms with E-state index in [1.165, 1.54) is 10.9 Å². The molecule has 2 unspecified atom stereocenters. The number of likely N-dealkylation sites (tertiary alicyclic amines) is 1. The number of imidazole rings is 1. The lowest BCUT2D eigenvalue weighted by molar-refractivity contribution is -0.137. The van der Waals surface area contributed by atoms with Crippen LogP contribution in [0.1, 0.15) is 56.1 Å². The van der Waals surface area contributed by atoms with Gasteiger partial charge in [-0.1, -0.05) is 17.7 Å². The second-order valence-electron chi connectivity index (χ2n) is 11.6. The number of carbonyl (C=O) groups is 2. The minimum Gasteiger partial charge on any atom is -0.410 e. The van der Waals surface area contributed by atoms with Gasteiger partial charge in [0.05, 0.1) is 6.33 Å². The Labute approximate surface area is 243 Å². The predicted molar refractivity (Wildman–Crippen MR) is 151 cm³/mol. The summed E-state index contributed by atoms with van der Waals surface area (Å²) < 4.78 is 12.8. The van der Waals surface area contributed by atoms with Crippen molar-refractivity contribution in [3.63, 3.8) is 0 Å². The molecule has 6 rings (SSSR count). The number of nitrogen functional groups attached to an aromatic ring is 1. The molecule has 0 radical (unpaired) electrons. The topological polar surface area (TPSA) is 178 Å². The fourth-order valence-electron chi connectivity index (χ4n) is 5.62. The highest BCUT2D eigenvalue weighted by atomic mass is 16.6. The molecular weight excluding hydrogens is 542 g/mol. The number of nitrogens with two attached hydrogens (primary N) is 1. The summed E-state index contributed by atoms with van der Waals surface area (Å²) >= 11 is 0. The first-order valence-electron chi connectivity index (χ1n) is 14.6. The Morgan fingerprint density at radius 3 is 2.55 bits per heavy atom. The molecule has 0 spiro atoms. The summed E-state index contributed by atoms with van der Waals surface area (Å²) in [6, 6.07) is 7.54. The highest BCUT2D eigenvalue weighted by Gasteiger charge is 2.48. The lowest BCUT2D eigenvalue weighted by Crippen LogP contribution is -2.43. The van der Waals surface area contributed by atoms with Gasteiger partial charge in [-0.25, -0.2) is 19.7 Å². The highest BCUT2D eigenvalue weighted by Crippen LogP contribution is 2.33. The van der Waals surface area contributed by atoms with Gasteiger partial charge in [-0.2, -0.15) is 0 Å². The number of benzene rings is 1. The maximum absolute atomic E-state index is 12.5. The van der Waals surface area contributed by atoms with Gasteiger partial charge in [0.2, 0.25) is 0 Å². The van der Waals surface area contributed by atoms with Gasteiger partial charge in [-0.15, -0.1) is 0 Å². The molecule has 0 bridgehead atoms. The van der Waals surface area contributed by atoms with E-state index in [-0.39, 0.29) is 18.0 Å². The van der Waals surface area contributed by atoms with E-state index in [4.69, 9.17) is 15.2 Å². The van der Waals surface area contributed by atoms with Crippen molar-refractivity contribution in [1.29, 1.82) is 0 Å². The number of piperidine rings is 1. The molecule has 2 aliphatic heterocycles. The second-order valence-corrected chi connectivity index (χ2v) is 11.6. The van der Waals surface area contributed by atoms with Crippen molar-refractivity contribution in [1.82, 2.24) is 29.7 Å². The third-order valence-corrected chi connectivity index (χ3v) is 8.30. The van der Waals surface area contributed by atoms with Gasteiger partial charge >= 0.3 is 6.09 Å². The molecular formula is C29H37N7O6. The van der Waals surface area contributed by atoms with E-state index in [0.717, 1.165) is 44.1 Å². The maximum atomic E-state index is 12.5. The normalized spacial score (nSPS) is 24.7. The van der Waals surface area contributed by atoms with Gasteiger partial charge in [-0.3, -0.25) is 9.36 Å². The van der Waals surface area contributed by atoms with Gasteiger partial charge in [0.25, 0.3) is 5.91 Å². The smallest absolute Gasteiger partial charge is 0.410 e. The number of anilines is 1. The summed E-state index contributed by atoms with van der Waals surface area (Å²) in [7, 11) is 0. The van der Waals surface area contributed by atoms with E-state index in [2.05, 4.69) is 20.3 Å². The zero-order chi connectivity index (χ0) is 29.4. The molecule has 5 N–H and O–H groups in total. The van der Waals surface area contributed by atoms with Crippen LogP contribution >= 0.6 is 0 Å². The van der Waals surface area contributed by atoms with E-state index in [1.807, 2.05) is 19.1 Å². The predicted octanol–water partition coefficient (Wildman–Crippen LogP) is 1.85. The average Bonchev–Trinajstić information content (AvgIpc) is 3.61. The number of ether oxygens (including phenoxy) is 2. The fraction of sp³-hybridized carbons (Fsp3) is 0.552. The number of amides is 2. The summed E-state index contributed by atoms with van der Waals surface area (Å²) in [4.78, 5) is 40.2. The van der Waals surface area contributed by atoms with E-state index in [0.29, 0.717) is 48.2 Å². The molecule has 4 atom stereocenters. The number of fused-ring (bicyclic) bond motifs is 1. The number of aliphatic hydroxyl groups excluding tert-OH is 2. The molecule has 4 heterocycles. The van der Waals surface area contributed by atoms with Crippen molar-refractivity contribution >= 4 is 29.0 Å². The number of nitrogens with zero attached hydrogens (tertiary/aromatic N) is 5. The third kappa shape index (κ3) is 6.03. The number of aromatic nitrogens is 4. The molecule has 2 saturated heterocycles. The van der Waals surface area contributed by atoms with Gasteiger partial charge in [0, 0.05) is 25.6 Å². The Kier molecular flexibility index (Phi) is 7.97. The van der Waals surface area contributed by atoms with Crippen LogP contribution in [0.15, 0.2) is 30.6 Å². The highest BCUT2D eigenvalue weighted by molar-refractivity contribution is 5.83. The van der Waals surface area contributed by atoms with Crippen molar-refractivity contribution in [3.8, 4) is 5.75 Å². The summed E-state index contributed by atoms with van der Waals surface area (Å²) in [6.07, 6.45) is 2.09. The van der Waals surface area contributed by atoms with E-state index in [9.17, 15) is 19.8 Å². The van der Waals surface area contributed by atoms with Crippen molar-refractivity contribution in [3.05, 3.63) is 42.0 Å². The van der Waals surface area contributed by atoms with Crippen molar-refractivity contribution < 1.29 is 29.3 Å². The number of carbonyl (C=O) groups excluding carboxylic acids is 2. The van der Waals surface area contributed by atoms with Gasteiger partial charge < -0.3 is 35.6 Å². The first-order valence-corrected chi connectivity index (χ1v) is 14.6. The van der Waals surface area contributed by atoms with Crippen molar-refractivity contribution in [2.45, 2.75) is 82.5 Å². The molecule has 3 aromatic rings. The first-order chi connectivity index (χ1) is 20.3. The van der Waals surface area contributed by atoms with Crippen LogP contribution in [0.4, 0.5) is 10.6 Å². The monoisotopic (exact) mass is 579 g/mol. The summed E-state index contributed by atoms with van der Waals surface area (Å²) in [5, 5.41) is 24.0. The van der Waals surface area contributed by atoms with Gasteiger partial charge in [0.1, 0.15) is 29.3 Å². The Balaban J connectivity index is 1.03.